The molecule has 1 heterocycles. The molecule has 4 nitrogen and oxygen atoms in total. The van der Waals surface area contributed by atoms with Crippen molar-refractivity contribution in [3.8, 4) is 0 Å². The maximum absolute atomic E-state index is 12.3. The summed E-state index contributed by atoms with van der Waals surface area (Å²) in [6, 6.07) is 8.05. The standard InChI is InChI=1S/C14H18N2O2/c1-14(2,3)18-13(17)16-9-7-5-4-6-8(9)10-11(15)12(10)16/h4-7,10-12H,15H2,1-3H3. The van der Waals surface area contributed by atoms with Crippen LogP contribution in [0.3, 0.4) is 0 Å². The van der Waals surface area contributed by atoms with Gasteiger partial charge in [0.1, 0.15) is 5.60 Å². The van der Waals surface area contributed by atoms with Crippen molar-refractivity contribution in [2.75, 3.05) is 4.90 Å². The summed E-state index contributed by atoms with van der Waals surface area (Å²) < 4.78 is 5.46. The molecule has 3 atom stereocenters. The van der Waals surface area contributed by atoms with E-state index in [9.17, 15) is 4.79 Å². The van der Waals surface area contributed by atoms with Crippen LogP contribution in [0.4, 0.5) is 10.5 Å². The fourth-order valence-corrected chi connectivity index (χ4v) is 2.72. The second kappa shape index (κ2) is 3.48. The van der Waals surface area contributed by atoms with Crippen molar-refractivity contribution in [1.29, 1.82) is 0 Å². The Morgan fingerprint density at radius 3 is 2.67 bits per heavy atom. The lowest BCUT2D eigenvalue weighted by atomic mass is 10.1. The maximum atomic E-state index is 12.3. The molecule has 1 aromatic rings. The second-order valence-corrected chi connectivity index (χ2v) is 6.00. The van der Waals surface area contributed by atoms with Crippen LogP contribution in [0.15, 0.2) is 24.3 Å². The summed E-state index contributed by atoms with van der Waals surface area (Å²) in [5.74, 6) is 0.286. The zero-order chi connectivity index (χ0) is 13.1. The van der Waals surface area contributed by atoms with Crippen LogP contribution in [0.2, 0.25) is 0 Å². The smallest absolute Gasteiger partial charge is 0.415 e. The minimum Gasteiger partial charge on any atom is -0.443 e. The maximum Gasteiger partial charge on any atom is 0.415 e. The van der Waals surface area contributed by atoms with E-state index in [1.165, 1.54) is 5.56 Å². The van der Waals surface area contributed by atoms with Crippen molar-refractivity contribution in [1.82, 2.24) is 0 Å². The van der Waals surface area contributed by atoms with Gasteiger partial charge in [0.2, 0.25) is 0 Å². The molecule has 1 aromatic carbocycles. The topological polar surface area (TPSA) is 55.6 Å². The average Bonchev–Trinajstić information content (AvgIpc) is 2.78. The van der Waals surface area contributed by atoms with Crippen LogP contribution < -0.4 is 10.6 Å². The Bertz CT molecular complexity index is 507. The Balaban J connectivity index is 1.92. The Hall–Kier alpha value is -1.55. The quantitative estimate of drug-likeness (QED) is 0.763. The minimum absolute atomic E-state index is 0.0485. The van der Waals surface area contributed by atoms with Gasteiger partial charge in [-0.2, -0.15) is 0 Å². The molecule has 0 spiro atoms. The van der Waals surface area contributed by atoms with Gasteiger partial charge < -0.3 is 10.5 Å². The molecular weight excluding hydrogens is 228 g/mol. The molecule has 18 heavy (non-hydrogen) atoms. The Morgan fingerprint density at radius 2 is 2.00 bits per heavy atom. The number of carbonyl (C=O) groups excluding carboxylic acids is 1. The highest BCUT2D eigenvalue weighted by Crippen LogP contribution is 2.55. The van der Waals surface area contributed by atoms with Gasteiger partial charge >= 0.3 is 6.09 Å². The van der Waals surface area contributed by atoms with Crippen LogP contribution in [-0.4, -0.2) is 23.8 Å². The van der Waals surface area contributed by atoms with Crippen molar-refractivity contribution in [3.63, 3.8) is 0 Å². The molecule has 1 fully saturated rings. The molecule has 3 rings (SSSR count). The van der Waals surface area contributed by atoms with E-state index in [1.807, 2.05) is 45.0 Å². The molecule has 1 amide bonds. The molecule has 1 aliphatic carbocycles. The number of amides is 1. The van der Waals surface area contributed by atoms with E-state index in [0.29, 0.717) is 0 Å². The first kappa shape index (κ1) is 11.5. The molecule has 0 bridgehead atoms. The minimum atomic E-state index is -0.483. The number of anilines is 1. The Kier molecular flexibility index (Phi) is 2.23. The predicted molar refractivity (Wildman–Crippen MR) is 69.7 cm³/mol. The largest absolute Gasteiger partial charge is 0.443 e. The number of benzene rings is 1. The molecule has 1 aliphatic heterocycles. The van der Waals surface area contributed by atoms with E-state index in [2.05, 4.69) is 0 Å². The molecule has 0 radical (unpaired) electrons. The van der Waals surface area contributed by atoms with E-state index in [4.69, 9.17) is 10.5 Å². The van der Waals surface area contributed by atoms with Crippen LogP contribution in [-0.2, 0) is 4.74 Å². The third-order valence-electron chi connectivity index (χ3n) is 3.48. The highest BCUT2D eigenvalue weighted by Gasteiger charge is 2.60. The van der Waals surface area contributed by atoms with Gasteiger partial charge in [0.05, 0.1) is 11.7 Å². The highest BCUT2D eigenvalue weighted by molar-refractivity contribution is 5.94. The summed E-state index contributed by atoms with van der Waals surface area (Å²) >= 11 is 0. The summed E-state index contributed by atoms with van der Waals surface area (Å²) in [5, 5.41) is 0. The number of para-hydroxylation sites is 1. The van der Waals surface area contributed by atoms with Crippen molar-refractivity contribution in [2.24, 2.45) is 5.73 Å². The van der Waals surface area contributed by atoms with Gasteiger partial charge in [-0.15, -0.1) is 0 Å². The Labute approximate surface area is 107 Å². The molecule has 0 aromatic heterocycles. The average molecular weight is 246 g/mol. The van der Waals surface area contributed by atoms with Gasteiger partial charge in [0, 0.05) is 12.0 Å². The molecular formula is C14H18N2O2. The molecule has 0 saturated heterocycles. The zero-order valence-electron chi connectivity index (χ0n) is 10.9. The van der Waals surface area contributed by atoms with E-state index in [1.54, 1.807) is 4.90 Å². The third kappa shape index (κ3) is 1.60. The number of fused-ring (bicyclic) bond motifs is 3. The number of nitrogens with two attached hydrogens (primary N) is 1. The molecule has 96 valence electrons. The lowest BCUT2D eigenvalue weighted by molar-refractivity contribution is 0.0578. The second-order valence-electron chi connectivity index (χ2n) is 6.00. The lowest BCUT2D eigenvalue weighted by Crippen LogP contribution is -2.39. The first-order valence-electron chi connectivity index (χ1n) is 6.27. The number of carbonyl (C=O) groups is 1. The van der Waals surface area contributed by atoms with Gasteiger partial charge in [-0.05, 0) is 32.4 Å². The fourth-order valence-electron chi connectivity index (χ4n) is 2.72. The van der Waals surface area contributed by atoms with Crippen molar-refractivity contribution < 1.29 is 9.53 Å². The third-order valence-corrected chi connectivity index (χ3v) is 3.48. The van der Waals surface area contributed by atoms with E-state index in [-0.39, 0.29) is 24.1 Å². The van der Waals surface area contributed by atoms with Gasteiger partial charge in [0.15, 0.2) is 0 Å². The van der Waals surface area contributed by atoms with Crippen LogP contribution in [0.25, 0.3) is 0 Å². The monoisotopic (exact) mass is 246 g/mol. The SMILES string of the molecule is CC(C)(C)OC(=O)N1c2ccccc2C2C(N)C21. The zero-order valence-corrected chi connectivity index (χ0v) is 10.9. The van der Waals surface area contributed by atoms with Gasteiger partial charge in [-0.25, -0.2) is 4.79 Å². The van der Waals surface area contributed by atoms with Crippen molar-refractivity contribution in [2.45, 2.75) is 44.4 Å². The molecule has 1 saturated carbocycles. The highest BCUT2D eigenvalue weighted by atomic mass is 16.6. The Morgan fingerprint density at radius 1 is 1.33 bits per heavy atom. The number of hydrogen-bond donors (Lipinski definition) is 1. The van der Waals surface area contributed by atoms with Gasteiger partial charge in [0.25, 0.3) is 0 Å². The van der Waals surface area contributed by atoms with Crippen molar-refractivity contribution in [3.05, 3.63) is 29.8 Å². The van der Waals surface area contributed by atoms with Crippen LogP contribution >= 0.6 is 0 Å². The van der Waals surface area contributed by atoms with Crippen molar-refractivity contribution >= 4 is 11.8 Å². The van der Waals surface area contributed by atoms with E-state index in [0.717, 1.165) is 5.69 Å². The number of ether oxygens (including phenoxy) is 1. The normalized spacial score (nSPS) is 28.7. The van der Waals surface area contributed by atoms with E-state index < -0.39 is 5.60 Å². The molecule has 2 aliphatic rings. The summed E-state index contributed by atoms with van der Waals surface area (Å²) in [6.07, 6.45) is -0.296. The first-order valence-corrected chi connectivity index (χ1v) is 6.27. The summed E-state index contributed by atoms with van der Waals surface area (Å²) in [5.41, 5.74) is 7.66. The predicted octanol–water partition coefficient (Wildman–Crippen LogP) is 2.23. The van der Waals surface area contributed by atoms with Crippen LogP contribution in [0.5, 0.6) is 0 Å². The number of rotatable bonds is 0. The van der Waals surface area contributed by atoms with Gasteiger partial charge in [-0.1, -0.05) is 18.2 Å². The van der Waals surface area contributed by atoms with Crippen LogP contribution in [0, 0.1) is 0 Å². The molecule has 4 heteroatoms. The molecule has 2 N–H and O–H groups in total. The fraction of sp³-hybridized carbons (Fsp3) is 0.500. The lowest BCUT2D eigenvalue weighted by Gasteiger charge is -2.26. The summed E-state index contributed by atoms with van der Waals surface area (Å²) in [7, 11) is 0. The summed E-state index contributed by atoms with van der Waals surface area (Å²) in [6.45, 7) is 5.62. The number of nitrogens with zero attached hydrogens (tertiary/aromatic N) is 1. The van der Waals surface area contributed by atoms with Gasteiger partial charge in [-0.3, -0.25) is 4.90 Å². The first-order chi connectivity index (χ1) is 8.40. The summed E-state index contributed by atoms with van der Waals surface area (Å²) in [4.78, 5) is 14.0. The molecule has 3 unspecified atom stereocenters. The van der Waals surface area contributed by atoms with Crippen LogP contribution in [0.1, 0.15) is 32.3 Å². The van der Waals surface area contributed by atoms with E-state index >= 15 is 0 Å². The number of hydrogen-bond acceptors (Lipinski definition) is 3.